The number of carboxylic acid groups (broad SMARTS) is 1. The van der Waals surface area contributed by atoms with Crippen molar-refractivity contribution in [1.82, 2.24) is 0 Å². The van der Waals surface area contributed by atoms with E-state index >= 15 is 0 Å². The molecule has 0 aromatic heterocycles. The van der Waals surface area contributed by atoms with Gasteiger partial charge in [-0.25, -0.2) is 4.79 Å². The minimum atomic E-state index is -0.993. The zero-order chi connectivity index (χ0) is 21.8. The molecule has 0 atom stereocenters. The summed E-state index contributed by atoms with van der Waals surface area (Å²) >= 11 is 6.29. The first kappa shape index (κ1) is 20.8. The molecule has 156 valence electrons. The van der Waals surface area contributed by atoms with Crippen LogP contribution < -0.4 is 10.1 Å². The molecule has 0 aliphatic carbocycles. The number of rotatable bonds is 7. The first-order valence-electron chi connectivity index (χ1n) is 9.97. The summed E-state index contributed by atoms with van der Waals surface area (Å²) in [5.41, 5.74) is 4.03. The molecular formula is C26H22ClNO3. The summed E-state index contributed by atoms with van der Waals surface area (Å²) < 4.78 is 6.20. The molecule has 0 saturated heterocycles. The van der Waals surface area contributed by atoms with Crippen molar-refractivity contribution in [2.45, 2.75) is 20.1 Å². The van der Waals surface area contributed by atoms with E-state index in [2.05, 4.69) is 36.5 Å². The Kier molecular flexibility index (Phi) is 6.10. The van der Waals surface area contributed by atoms with Crippen LogP contribution in [0.2, 0.25) is 5.02 Å². The van der Waals surface area contributed by atoms with E-state index in [1.54, 1.807) is 12.1 Å². The predicted molar refractivity (Wildman–Crippen MR) is 125 cm³/mol. The van der Waals surface area contributed by atoms with Crippen LogP contribution >= 0.6 is 11.6 Å². The van der Waals surface area contributed by atoms with E-state index in [1.807, 2.05) is 36.4 Å². The lowest BCUT2D eigenvalue weighted by molar-refractivity contribution is 0.0697. The van der Waals surface area contributed by atoms with E-state index in [1.165, 1.54) is 11.6 Å². The number of anilines is 1. The van der Waals surface area contributed by atoms with Crippen LogP contribution in [0.3, 0.4) is 0 Å². The van der Waals surface area contributed by atoms with Crippen LogP contribution in [0.1, 0.15) is 27.0 Å². The smallest absolute Gasteiger partial charge is 0.335 e. The number of carboxylic acids is 1. The van der Waals surface area contributed by atoms with Crippen LogP contribution in [0.15, 0.2) is 78.9 Å². The molecule has 0 bridgehead atoms. The molecule has 5 heteroatoms. The number of ether oxygens (including phenoxy) is 1. The maximum absolute atomic E-state index is 11.3. The lowest BCUT2D eigenvalue weighted by Crippen LogP contribution is -2.06. The van der Waals surface area contributed by atoms with Crippen LogP contribution in [-0.2, 0) is 13.2 Å². The fourth-order valence-electron chi connectivity index (χ4n) is 3.57. The molecule has 4 aromatic carbocycles. The molecular weight excluding hydrogens is 410 g/mol. The summed E-state index contributed by atoms with van der Waals surface area (Å²) in [4.78, 5) is 11.3. The molecule has 0 radical (unpaired) electrons. The van der Waals surface area contributed by atoms with E-state index < -0.39 is 5.97 Å². The fourth-order valence-corrected chi connectivity index (χ4v) is 3.76. The minimum absolute atomic E-state index is 0.181. The normalized spacial score (nSPS) is 10.8. The third-order valence-electron chi connectivity index (χ3n) is 5.14. The Morgan fingerprint density at radius 1 is 1.00 bits per heavy atom. The highest BCUT2D eigenvalue weighted by molar-refractivity contribution is 6.33. The van der Waals surface area contributed by atoms with Crippen LogP contribution in [0.25, 0.3) is 10.8 Å². The van der Waals surface area contributed by atoms with E-state index in [-0.39, 0.29) is 5.56 Å². The highest BCUT2D eigenvalue weighted by Crippen LogP contribution is 2.31. The molecule has 0 heterocycles. The van der Waals surface area contributed by atoms with Crippen LogP contribution in [0.4, 0.5) is 5.69 Å². The highest BCUT2D eigenvalue weighted by atomic mass is 35.5. The van der Waals surface area contributed by atoms with Crippen LogP contribution in [0.5, 0.6) is 5.75 Å². The van der Waals surface area contributed by atoms with E-state index in [0.29, 0.717) is 23.9 Å². The van der Waals surface area contributed by atoms with Gasteiger partial charge >= 0.3 is 5.97 Å². The third kappa shape index (κ3) is 4.81. The average Bonchev–Trinajstić information content (AvgIpc) is 2.77. The van der Waals surface area contributed by atoms with Crippen LogP contribution in [0, 0.1) is 6.92 Å². The molecule has 4 rings (SSSR count). The lowest BCUT2D eigenvalue weighted by Gasteiger charge is -2.16. The standard InChI is InChI=1S/C26H22ClNO3/c1-17-5-4-6-18(13-17)16-31-25-12-10-19-7-2-3-8-21(19)22(25)15-28-24-14-20(26(29)30)9-11-23(24)27/h2-14,28H,15-16H2,1H3,(H,29,30). The van der Waals surface area contributed by atoms with Crippen molar-refractivity contribution in [3.63, 3.8) is 0 Å². The van der Waals surface area contributed by atoms with Gasteiger partial charge in [0.2, 0.25) is 0 Å². The monoisotopic (exact) mass is 431 g/mol. The zero-order valence-electron chi connectivity index (χ0n) is 17.1. The molecule has 0 aliphatic rings. The van der Waals surface area contributed by atoms with E-state index in [0.717, 1.165) is 27.6 Å². The van der Waals surface area contributed by atoms with Gasteiger partial charge in [0.1, 0.15) is 12.4 Å². The molecule has 4 nitrogen and oxygen atoms in total. The molecule has 31 heavy (non-hydrogen) atoms. The fraction of sp³-hybridized carbons (Fsp3) is 0.115. The van der Waals surface area contributed by atoms with Crippen LogP contribution in [-0.4, -0.2) is 11.1 Å². The van der Waals surface area contributed by atoms with Gasteiger partial charge < -0.3 is 15.2 Å². The first-order chi connectivity index (χ1) is 15.0. The topological polar surface area (TPSA) is 58.6 Å². The SMILES string of the molecule is Cc1cccc(COc2ccc3ccccc3c2CNc2cc(C(=O)O)ccc2Cl)c1. The summed E-state index contributed by atoms with van der Waals surface area (Å²) in [6.07, 6.45) is 0. The predicted octanol–water partition coefficient (Wildman–Crippen LogP) is 6.69. The molecule has 2 N–H and O–H groups in total. The molecule has 0 saturated carbocycles. The quantitative estimate of drug-likeness (QED) is 0.342. The zero-order valence-corrected chi connectivity index (χ0v) is 17.8. The highest BCUT2D eigenvalue weighted by Gasteiger charge is 2.12. The maximum Gasteiger partial charge on any atom is 0.335 e. The number of hydrogen-bond donors (Lipinski definition) is 2. The molecule has 0 amide bonds. The molecule has 0 unspecified atom stereocenters. The van der Waals surface area contributed by atoms with Crippen molar-refractivity contribution < 1.29 is 14.6 Å². The second kappa shape index (κ2) is 9.11. The second-order valence-electron chi connectivity index (χ2n) is 7.39. The van der Waals surface area contributed by atoms with Crippen molar-refractivity contribution in [2.75, 3.05) is 5.32 Å². The number of benzene rings is 4. The largest absolute Gasteiger partial charge is 0.489 e. The Bertz CT molecular complexity index is 1250. The summed E-state index contributed by atoms with van der Waals surface area (Å²) in [5.74, 6) is -0.217. The van der Waals surface area contributed by atoms with E-state index in [4.69, 9.17) is 16.3 Å². The minimum Gasteiger partial charge on any atom is -0.489 e. The third-order valence-corrected chi connectivity index (χ3v) is 5.47. The number of hydrogen-bond acceptors (Lipinski definition) is 3. The number of aromatic carboxylic acids is 1. The molecule has 0 spiro atoms. The van der Waals surface area contributed by atoms with Crippen molar-refractivity contribution in [3.05, 3.63) is 106 Å². The number of aryl methyl sites for hydroxylation is 1. The Morgan fingerprint density at radius 3 is 2.65 bits per heavy atom. The summed E-state index contributed by atoms with van der Waals surface area (Å²) in [6.45, 7) is 2.96. The van der Waals surface area contributed by atoms with Gasteiger partial charge in [-0.1, -0.05) is 71.8 Å². The number of fused-ring (bicyclic) bond motifs is 1. The number of carbonyl (C=O) groups is 1. The summed E-state index contributed by atoms with van der Waals surface area (Å²) in [5, 5.41) is 15.2. The van der Waals surface area contributed by atoms with Crippen molar-refractivity contribution >= 4 is 34.0 Å². The van der Waals surface area contributed by atoms with Crippen molar-refractivity contribution in [2.24, 2.45) is 0 Å². The Morgan fingerprint density at radius 2 is 1.84 bits per heavy atom. The van der Waals surface area contributed by atoms with Gasteiger partial charge in [0.15, 0.2) is 0 Å². The average molecular weight is 432 g/mol. The van der Waals surface area contributed by atoms with Gasteiger partial charge in [-0.05, 0) is 47.5 Å². The summed E-state index contributed by atoms with van der Waals surface area (Å²) in [7, 11) is 0. The van der Waals surface area contributed by atoms with Gasteiger partial charge in [-0.3, -0.25) is 0 Å². The van der Waals surface area contributed by atoms with Crippen molar-refractivity contribution in [1.29, 1.82) is 0 Å². The first-order valence-corrected chi connectivity index (χ1v) is 10.3. The molecule has 0 fully saturated rings. The Hall–Kier alpha value is -3.50. The summed E-state index contributed by atoms with van der Waals surface area (Å²) in [6, 6.07) is 25.0. The lowest BCUT2D eigenvalue weighted by atomic mass is 10.0. The Labute approximate surface area is 186 Å². The van der Waals surface area contributed by atoms with Gasteiger partial charge in [0.05, 0.1) is 16.3 Å². The maximum atomic E-state index is 11.3. The number of nitrogens with one attached hydrogen (secondary N) is 1. The number of halogens is 1. The van der Waals surface area contributed by atoms with Crippen molar-refractivity contribution in [3.8, 4) is 5.75 Å². The Balaban J connectivity index is 1.64. The second-order valence-corrected chi connectivity index (χ2v) is 7.80. The van der Waals surface area contributed by atoms with Gasteiger partial charge in [-0.2, -0.15) is 0 Å². The van der Waals surface area contributed by atoms with E-state index in [9.17, 15) is 9.90 Å². The van der Waals surface area contributed by atoms with Gasteiger partial charge in [0, 0.05) is 12.1 Å². The van der Waals surface area contributed by atoms with Gasteiger partial charge in [0.25, 0.3) is 0 Å². The molecule has 0 aliphatic heterocycles. The molecule has 4 aromatic rings. The van der Waals surface area contributed by atoms with Gasteiger partial charge in [-0.15, -0.1) is 0 Å².